The number of aromatic nitrogens is 2. The number of aromatic amines is 1. The maximum absolute atomic E-state index is 12.7. The second-order valence-corrected chi connectivity index (χ2v) is 9.17. The van der Waals surface area contributed by atoms with E-state index >= 15 is 0 Å². The first-order valence-corrected chi connectivity index (χ1v) is 11.2. The van der Waals surface area contributed by atoms with E-state index in [0.29, 0.717) is 43.8 Å². The van der Waals surface area contributed by atoms with Gasteiger partial charge in [0.1, 0.15) is 5.82 Å². The molecule has 2 heterocycles. The van der Waals surface area contributed by atoms with E-state index in [1.807, 2.05) is 24.3 Å². The van der Waals surface area contributed by atoms with Crippen molar-refractivity contribution in [3.05, 3.63) is 60.4 Å². The highest BCUT2D eigenvalue weighted by atomic mass is 32.2. The molecule has 1 amide bonds. The zero-order valence-corrected chi connectivity index (χ0v) is 16.9. The van der Waals surface area contributed by atoms with Gasteiger partial charge in [-0.2, -0.15) is 4.31 Å². The number of sulfonamides is 1. The Morgan fingerprint density at radius 1 is 1.07 bits per heavy atom. The topological polar surface area (TPSA) is 95.2 Å². The summed E-state index contributed by atoms with van der Waals surface area (Å²) in [7, 11) is -3.49. The Kier molecular flexibility index (Phi) is 5.64. The third-order valence-corrected chi connectivity index (χ3v) is 7.22. The van der Waals surface area contributed by atoms with Gasteiger partial charge in [-0.15, -0.1) is 0 Å². The number of rotatable bonds is 6. The van der Waals surface area contributed by atoms with E-state index < -0.39 is 10.0 Å². The first kappa shape index (κ1) is 19.6. The predicted octanol–water partition coefficient (Wildman–Crippen LogP) is 2.32. The van der Waals surface area contributed by atoms with E-state index in [2.05, 4.69) is 15.3 Å². The van der Waals surface area contributed by atoms with Gasteiger partial charge in [0.05, 0.1) is 15.9 Å². The molecule has 1 aliphatic rings. The van der Waals surface area contributed by atoms with Crippen LogP contribution >= 0.6 is 0 Å². The zero-order valence-electron chi connectivity index (χ0n) is 16.0. The van der Waals surface area contributed by atoms with Crippen LogP contribution in [0, 0.1) is 5.92 Å². The molecule has 0 spiro atoms. The van der Waals surface area contributed by atoms with Gasteiger partial charge in [-0.05, 0) is 37.1 Å². The highest BCUT2D eigenvalue weighted by Gasteiger charge is 2.31. The second-order valence-electron chi connectivity index (χ2n) is 7.23. The number of amides is 1. The van der Waals surface area contributed by atoms with E-state index in [4.69, 9.17) is 0 Å². The number of hydrogen-bond donors (Lipinski definition) is 2. The number of H-pyrrole nitrogens is 1. The lowest BCUT2D eigenvalue weighted by Crippen LogP contribution is -2.43. The molecular formula is C21H24N4O3S. The van der Waals surface area contributed by atoms with E-state index in [1.54, 1.807) is 30.3 Å². The van der Waals surface area contributed by atoms with Crippen LogP contribution in [0.25, 0.3) is 11.0 Å². The van der Waals surface area contributed by atoms with Crippen molar-refractivity contribution in [3.63, 3.8) is 0 Å². The zero-order chi connectivity index (χ0) is 20.3. The fourth-order valence-electron chi connectivity index (χ4n) is 3.67. The Morgan fingerprint density at radius 2 is 1.76 bits per heavy atom. The van der Waals surface area contributed by atoms with Gasteiger partial charge in [-0.1, -0.05) is 30.3 Å². The van der Waals surface area contributed by atoms with E-state index in [0.717, 1.165) is 16.9 Å². The minimum atomic E-state index is -3.49. The first-order valence-electron chi connectivity index (χ1n) is 9.80. The summed E-state index contributed by atoms with van der Waals surface area (Å²) in [5.41, 5.74) is 1.90. The van der Waals surface area contributed by atoms with Crippen molar-refractivity contribution in [3.8, 4) is 0 Å². The number of nitrogens with one attached hydrogen (secondary N) is 2. The third-order valence-electron chi connectivity index (χ3n) is 5.31. The fourth-order valence-corrected chi connectivity index (χ4v) is 5.16. The van der Waals surface area contributed by atoms with Gasteiger partial charge in [0.15, 0.2) is 0 Å². The lowest BCUT2D eigenvalue weighted by Gasteiger charge is -2.30. The molecule has 7 nitrogen and oxygen atoms in total. The van der Waals surface area contributed by atoms with Crippen molar-refractivity contribution in [1.82, 2.24) is 19.6 Å². The van der Waals surface area contributed by atoms with Crippen molar-refractivity contribution < 1.29 is 13.2 Å². The Balaban J connectivity index is 1.27. The largest absolute Gasteiger partial charge is 0.355 e. The van der Waals surface area contributed by atoms with Crippen LogP contribution in [-0.2, 0) is 21.2 Å². The monoisotopic (exact) mass is 412 g/mol. The van der Waals surface area contributed by atoms with Gasteiger partial charge in [-0.3, -0.25) is 4.79 Å². The molecule has 4 rings (SSSR count). The molecule has 2 aromatic carbocycles. The molecule has 0 atom stereocenters. The number of para-hydroxylation sites is 2. The number of piperidine rings is 1. The molecule has 29 heavy (non-hydrogen) atoms. The molecule has 3 aromatic rings. The highest BCUT2D eigenvalue weighted by Crippen LogP contribution is 2.23. The van der Waals surface area contributed by atoms with Crippen LogP contribution < -0.4 is 5.32 Å². The Hall–Kier alpha value is -2.71. The summed E-state index contributed by atoms with van der Waals surface area (Å²) in [5, 5.41) is 2.96. The van der Waals surface area contributed by atoms with Gasteiger partial charge in [0.2, 0.25) is 15.9 Å². The molecule has 1 aromatic heterocycles. The normalized spacial score (nSPS) is 16.1. The van der Waals surface area contributed by atoms with E-state index in [-0.39, 0.29) is 11.8 Å². The maximum Gasteiger partial charge on any atom is 0.243 e. The van der Waals surface area contributed by atoms with Crippen LogP contribution in [0.2, 0.25) is 0 Å². The molecule has 8 heteroatoms. The van der Waals surface area contributed by atoms with Crippen LogP contribution in [0.5, 0.6) is 0 Å². The number of carbonyl (C=O) groups excluding carboxylic acids is 1. The third kappa shape index (κ3) is 4.33. The van der Waals surface area contributed by atoms with Crippen molar-refractivity contribution >= 4 is 27.0 Å². The summed E-state index contributed by atoms with van der Waals surface area (Å²) in [6.07, 6.45) is 1.69. The average Bonchev–Trinajstić information content (AvgIpc) is 3.17. The van der Waals surface area contributed by atoms with Crippen LogP contribution in [-0.4, -0.2) is 48.2 Å². The quantitative estimate of drug-likeness (QED) is 0.650. The molecular weight excluding hydrogens is 388 g/mol. The van der Waals surface area contributed by atoms with Crippen LogP contribution in [0.15, 0.2) is 59.5 Å². The smallest absolute Gasteiger partial charge is 0.243 e. The minimum absolute atomic E-state index is 0.0159. The molecule has 152 valence electrons. The summed E-state index contributed by atoms with van der Waals surface area (Å²) >= 11 is 0. The SMILES string of the molecule is O=C(NCCc1nc2ccccc2[nH]1)C1CCN(S(=O)(=O)c2ccccc2)CC1. The maximum atomic E-state index is 12.7. The molecule has 0 unspecified atom stereocenters. The first-order chi connectivity index (χ1) is 14.0. The van der Waals surface area contributed by atoms with Crippen molar-refractivity contribution in [1.29, 1.82) is 0 Å². The highest BCUT2D eigenvalue weighted by molar-refractivity contribution is 7.89. The molecule has 1 aliphatic heterocycles. The van der Waals surface area contributed by atoms with Gasteiger partial charge in [-0.25, -0.2) is 13.4 Å². The summed E-state index contributed by atoms with van der Waals surface area (Å²) in [5.74, 6) is 0.668. The molecule has 0 saturated carbocycles. The van der Waals surface area contributed by atoms with E-state index in [9.17, 15) is 13.2 Å². The van der Waals surface area contributed by atoms with Crippen LogP contribution in [0.1, 0.15) is 18.7 Å². The van der Waals surface area contributed by atoms with Crippen molar-refractivity contribution in [2.24, 2.45) is 5.92 Å². The number of benzene rings is 2. The molecule has 1 saturated heterocycles. The predicted molar refractivity (Wildman–Crippen MR) is 111 cm³/mol. The van der Waals surface area contributed by atoms with E-state index in [1.165, 1.54) is 4.31 Å². The summed E-state index contributed by atoms with van der Waals surface area (Å²) in [4.78, 5) is 20.5. The van der Waals surface area contributed by atoms with Gasteiger partial charge < -0.3 is 10.3 Å². The summed E-state index contributed by atoms with van der Waals surface area (Å²) in [6.45, 7) is 1.22. The Labute approximate surface area is 170 Å². The van der Waals surface area contributed by atoms with Crippen LogP contribution in [0.4, 0.5) is 0 Å². The number of fused-ring (bicyclic) bond motifs is 1. The Bertz CT molecular complexity index is 1050. The minimum Gasteiger partial charge on any atom is -0.355 e. The number of hydrogen-bond acceptors (Lipinski definition) is 4. The lowest BCUT2D eigenvalue weighted by atomic mass is 9.97. The summed E-state index contributed by atoms with van der Waals surface area (Å²) in [6, 6.07) is 16.3. The molecule has 0 bridgehead atoms. The summed E-state index contributed by atoms with van der Waals surface area (Å²) < 4.78 is 26.8. The average molecular weight is 413 g/mol. The number of nitrogens with zero attached hydrogens (tertiary/aromatic N) is 2. The van der Waals surface area contributed by atoms with Crippen molar-refractivity contribution in [2.75, 3.05) is 19.6 Å². The van der Waals surface area contributed by atoms with Gasteiger partial charge in [0, 0.05) is 32.0 Å². The lowest BCUT2D eigenvalue weighted by molar-refractivity contribution is -0.126. The molecule has 0 aliphatic carbocycles. The van der Waals surface area contributed by atoms with Crippen LogP contribution in [0.3, 0.4) is 0 Å². The molecule has 0 radical (unpaired) electrons. The molecule has 2 N–H and O–H groups in total. The van der Waals surface area contributed by atoms with Crippen molar-refractivity contribution in [2.45, 2.75) is 24.2 Å². The van der Waals surface area contributed by atoms with Gasteiger partial charge in [0.25, 0.3) is 0 Å². The number of imidazole rings is 1. The van der Waals surface area contributed by atoms with Gasteiger partial charge >= 0.3 is 0 Å². The second kappa shape index (κ2) is 8.34. The molecule has 1 fully saturated rings. The Morgan fingerprint density at radius 3 is 2.48 bits per heavy atom. The standard InChI is InChI=1S/C21H24N4O3S/c26-21(22-13-10-20-23-18-8-4-5-9-19(18)24-20)16-11-14-25(15-12-16)29(27,28)17-6-2-1-3-7-17/h1-9,16H,10-15H2,(H,22,26)(H,23,24). The number of carbonyl (C=O) groups is 1. The fraction of sp³-hybridized carbons (Fsp3) is 0.333.